The summed E-state index contributed by atoms with van der Waals surface area (Å²) in [5.74, 6) is -2.31. The van der Waals surface area contributed by atoms with Gasteiger partial charge in [-0.05, 0) is 96.3 Å². The van der Waals surface area contributed by atoms with Gasteiger partial charge in [0.25, 0.3) is 0 Å². The molecule has 0 bridgehead atoms. The fourth-order valence-corrected chi connectivity index (χ4v) is 7.08. The van der Waals surface area contributed by atoms with Crippen molar-refractivity contribution in [3.8, 4) is 0 Å². The van der Waals surface area contributed by atoms with Gasteiger partial charge in [-0.2, -0.15) is 0 Å². The van der Waals surface area contributed by atoms with E-state index in [-0.39, 0.29) is 30.9 Å². The van der Waals surface area contributed by atoms with Crippen LogP contribution in [0.25, 0.3) is 0 Å². The van der Waals surface area contributed by atoms with Crippen molar-refractivity contribution >= 4 is 23.8 Å². The van der Waals surface area contributed by atoms with Crippen molar-refractivity contribution in [1.29, 1.82) is 0 Å². The lowest BCUT2D eigenvalue weighted by Gasteiger charge is -2.18. The summed E-state index contributed by atoms with van der Waals surface area (Å²) in [4.78, 5) is 47.7. The van der Waals surface area contributed by atoms with Gasteiger partial charge in [-0.1, -0.05) is 165 Å². The van der Waals surface area contributed by atoms with Crippen LogP contribution < -0.4 is 10.6 Å². The number of aliphatic carboxylic acids is 1. The highest BCUT2D eigenvalue weighted by Gasteiger charge is 2.19. The van der Waals surface area contributed by atoms with E-state index in [1.54, 1.807) is 0 Å². The Morgan fingerprint density at radius 1 is 0.517 bits per heavy atom. The topological polar surface area (TPSA) is 142 Å². The third kappa shape index (κ3) is 41.5. The van der Waals surface area contributed by atoms with Crippen molar-refractivity contribution < 1.29 is 34.1 Å². The molecule has 0 aliphatic rings. The van der Waals surface area contributed by atoms with Crippen LogP contribution in [0.1, 0.15) is 226 Å². The number of hydrogen-bond donors (Lipinski definition) is 4. The number of amides is 2. The quantitative estimate of drug-likeness (QED) is 0.0272. The molecule has 4 N–H and O–H groups in total. The molecule has 9 heteroatoms. The van der Waals surface area contributed by atoms with Crippen molar-refractivity contribution in [2.45, 2.75) is 238 Å². The van der Waals surface area contributed by atoms with Crippen LogP contribution >= 0.6 is 0 Å². The fourth-order valence-electron chi connectivity index (χ4n) is 7.08. The molecular formula is C51H90N2O7. The first-order chi connectivity index (χ1) is 29.3. The first kappa shape index (κ1) is 56.8. The Balaban J connectivity index is 4.36. The average molecular weight is 843 g/mol. The predicted octanol–water partition coefficient (Wildman–Crippen LogP) is 12.7. The van der Waals surface area contributed by atoms with Crippen LogP contribution in [0.2, 0.25) is 0 Å². The lowest BCUT2D eigenvalue weighted by Crippen LogP contribution is -2.47. The van der Waals surface area contributed by atoms with Crippen molar-refractivity contribution in [1.82, 2.24) is 10.6 Å². The van der Waals surface area contributed by atoms with Crippen molar-refractivity contribution in [2.75, 3.05) is 13.2 Å². The normalized spacial score (nSPS) is 12.8. The van der Waals surface area contributed by atoms with Crippen molar-refractivity contribution in [2.24, 2.45) is 0 Å². The van der Waals surface area contributed by atoms with Gasteiger partial charge in [0.1, 0.15) is 12.1 Å². The maximum atomic E-state index is 12.9. The van der Waals surface area contributed by atoms with E-state index in [1.807, 2.05) is 0 Å². The fraction of sp³-hybridized carbons (Fsp3) is 0.765. The van der Waals surface area contributed by atoms with E-state index < -0.39 is 24.5 Å². The first-order valence-corrected chi connectivity index (χ1v) is 24.5. The summed E-state index contributed by atoms with van der Waals surface area (Å²) >= 11 is 0. The minimum absolute atomic E-state index is 0.0356. The molecule has 0 spiro atoms. The Kier molecular flexibility index (Phi) is 42.9. The zero-order valence-electron chi connectivity index (χ0n) is 38.5. The molecule has 9 nitrogen and oxygen atoms in total. The first-order valence-electron chi connectivity index (χ1n) is 24.5. The SMILES string of the molecule is CC/C=C\C/C=C\C/C=C\CCCCCCCCCC(=O)OC(CCCCC/C=C\CCCCCCCCCC)CCCCCCCC(=O)NCC(=O)NC(CO)C(=O)O. The van der Waals surface area contributed by atoms with Gasteiger partial charge < -0.3 is 25.6 Å². The molecule has 0 saturated carbocycles. The molecule has 60 heavy (non-hydrogen) atoms. The summed E-state index contributed by atoms with van der Waals surface area (Å²) < 4.78 is 6.05. The van der Waals surface area contributed by atoms with E-state index in [9.17, 15) is 19.2 Å². The molecule has 0 radical (unpaired) electrons. The smallest absolute Gasteiger partial charge is 0.328 e. The second-order valence-corrected chi connectivity index (χ2v) is 16.5. The van der Waals surface area contributed by atoms with Crippen LogP contribution in [0.3, 0.4) is 0 Å². The number of nitrogens with one attached hydrogen (secondary N) is 2. The van der Waals surface area contributed by atoms with E-state index in [4.69, 9.17) is 14.9 Å². The van der Waals surface area contributed by atoms with Crippen LogP contribution in [0.4, 0.5) is 0 Å². The number of allylic oxidation sites excluding steroid dienone is 8. The number of esters is 1. The highest BCUT2D eigenvalue weighted by Crippen LogP contribution is 2.19. The molecule has 0 aromatic carbocycles. The Bertz CT molecular complexity index is 1150. The number of carbonyl (C=O) groups is 4. The molecule has 0 heterocycles. The number of aliphatic hydroxyl groups excluding tert-OH is 1. The minimum atomic E-state index is -1.39. The van der Waals surface area contributed by atoms with Crippen LogP contribution in [-0.2, 0) is 23.9 Å². The van der Waals surface area contributed by atoms with E-state index in [0.29, 0.717) is 12.8 Å². The Labute approximate surface area is 367 Å². The van der Waals surface area contributed by atoms with E-state index in [1.165, 1.54) is 96.3 Å². The summed E-state index contributed by atoms with van der Waals surface area (Å²) in [7, 11) is 0. The predicted molar refractivity (Wildman–Crippen MR) is 250 cm³/mol. The molecule has 0 saturated heterocycles. The Morgan fingerprint density at radius 3 is 1.47 bits per heavy atom. The highest BCUT2D eigenvalue weighted by atomic mass is 16.5. The molecule has 2 atom stereocenters. The number of rotatable bonds is 44. The number of ether oxygens (including phenoxy) is 1. The van der Waals surface area contributed by atoms with Gasteiger partial charge in [0, 0.05) is 12.8 Å². The average Bonchev–Trinajstić information content (AvgIpc) is 3.23. The van der Waals surface area contributed by atoms with Gasteiger partial charge in [0.15, 0.2) is 0 Å². The van der Waals surface area contributed by atoms with E-state index in [2.05, 4.69) is 73.1 Å². The number of hydrogen-bond acceptors (Lipinski definition) is 6. The molecule has 2 amide bonds. The van der Waals surface area contributed by atoms with Gasteiger partial charge in [-0.25, -0.2) is 4.79 Å². The van der Waals surface area contributed by atoms with Crippen LogP contribution in [0.15, 0.2) is 48.6 Å². The number of carboxylic acids is 1. The van der Waals surface area contributed by atoms with E-state index >= 15 is 0 Å². The van der Waals surface area contributed by atoms with Gasteiger partial charge in [-0.15, -0.1) is 0 Å². The maximum absolute atomic E-state index is 12.9. The summed E-state index contributed by atoms with van der Waals surface area (Å²) in [6, 6.07) is -1.39. The van der Waals surface area contributed by atoms with Crippen LogP contribution in [-0.4, -0.2) is 59.3 Å². The molecule has 2 unspecified atom stereocenters. The number of carbonyl (C=O) groups excluding carboxylic acids is 3. The molecule has 0 rings (SSSR count). The number of unbranched alkanes of at least 4 members (excludes halogenated alkanes) is 22. The lowest BCUT2D eigenvalue weighted by molar-refractivity contribution is -0.150. The molecule has 0 aromatic rings. The molecule has 0 aromatic heterocycles. The number of carboxylic acid groups (broad SMARTS) is 1. The van der Waals surface area contributed by atoms with Crippen molar-refractivity contribution in [3.63, 3.8) is 0 Å². The van der Waals surface area contributed by atoms with Crippen LogP contribution in [0.5, 0.6) is 0 Å². The van der Waals surface area contributed by atoms with Gasteiger partial charge in [-0.3, -0.25) is 14.4 Å². The highest BCUT2D eigenvalue weighted by molar-refractivity contribution is 5.87. The Hall–Kier alpha value is -3.20. The van der Waals surface area contributed by atoms with Crippen molar-refractivity contribution in [3.05, 3.63) is 48.6 Å². The largest absolute Gasteiger partial charge is 0.480 e. The minimum Gasteiger partial charge on any atom is -0.480 e. The van der Waals surface area contributed by atoms with Crippen LogP contribution in [0, 0.1) is 0 Å². The second-order valence-electron chi connectivity index (χ2n) is 16.5. The third-order valence-electron chi connectivity index (χ3n) is 10.8. The van der Waals surface area contributed by atoms with Gasteiger partial charge >= 0.3 is 11.9 Å². The molecular weight excluding hydrogens is 753 g/mol. The molecule has 0 aliphatic carbocycles. The standard InChI is InChI=1S/C51H90N2O7/c1-3-5-7-9-11-13-15-17-19-20-22-24-26-28-30-35-39-43-50(57)60-46(40-36-32-29-27-25-23-21-18-16-14-12-10-8-6-4-2)41-37-33-31-34-38-42-48(55)52-44-49(56)53-47(45-54)51(58)59/h5,7,11,13,17,19,23,25,46-47,54H,3-4,6,8-10,12,14-16,18,20-22,24,26-45H2,1-2H3,(H,52,55)(H,53,56)(H,58,59)/b7-5-,13-11-,19-17-,25-23-. The molecule has 0 aliphatic heterocycles. The lowest BCUT2D eigenvalue weighted by atomic mass is 10.0. The monoisotopic (exact) mass is 843 g/mol. The zero-order chi connectivity index (χ0) is 44.0. The maximum Gasteiger partial charge on any atom is 0.328 e. The van der Waals surface area contributed by atoms with Gasteiger partial charge in [0.2, 0.25) is 11.8 Å². The summed E-state index contributed by atoms with van der Waals surface area (Å²) in [6.45, 7) is 3.38. The zero-order valence-corrected chi connectivity index (χ0v) is 38.5. The summed E-state index contributed by atoms with van der Waals surface area (Å²) in [5, 5.41) is 22.6. The van der Waals surface area contributed by atoms with Gasteiger partial charge in [0.05, 0.1) is 13.2 Å². The van der Waals surface area contributed by atoms with E-state index in [0.717, 1.165) is 96.3 Å². The molecule has 0 fully saturated rings. The molecule has 346 valence electrons. The number of aliphatic hydroxyl groups is 1. The second kappa shape index (κ2) is 45.3. The third-order valence-corrected chi connectivity index (χ3v) is 10.8. The summed E-state index contributed by atoms with van der Waals surface area (Å²) in [6.07, 6.45) is 54.2. The summed E-state index contributed by atoms with van der Waals surface area (Å²) in [5.41, 5.74) is 0. The Morgan fingerprint density at radius 2 is 0.950 bits per heavy atom.